The summed E-state index contributed by atoms with van der Waals surface area (Å²) in [6.07, 6.45) is 2.53. The molecule has 6 rings (SSSR count). The van der Waals surface area contributed by atoms with Crippen LogP contribution in [0.5, 0.6) is 5.75 Å². The van der Waals surface area contributed by atoms with Crippen LogP contribution in [0.2, 0.25) is 0 Å². The van der Waals surface area contributed by atoms with Crippen molar-refractivity contribution < 1.29 is 24.2 Å². The maximum Gasteiger partial charge on any atom is 0.326 e. The fraction of sp³-hybridized carbons (Fsp3) is 0.143. The number of ketones is 1. The molecule has 0 radical (unpaired) electrons. The number of fused-ring (bicyclic) bond motifs is 1. The zero-order valence-electron chi connectivity index (χ0n) is 27.4. The van der Waals surface area contributed by atoms with Gasteiger partial charge >= 0.3 is 5.97 Å². The Labute approximate surface area is 291 Å². The third-order valence-electron chi connectivity index (χ3n) is 8.39. The topological polar surface area (TPSA) is 109 Å². The van der Waals surface area contributed by atoms with Crippen LogP contribution in [0.25, 0.3) is 10.8 Å². The Balaban J connectivity index is 1.06. The number of benzene rings is 5. The quantitative estimate of drug-likeness (QED) is 0.0857. The number of carbonyl (C=O) groups excluding carboxylic acids is 2. The van der Waals surface area contributed by atoms with Crippen molar-refractivity contribution in [3.63, 3.8) is 0 Å². The van der Waals surface area contributed by atoms with E-state index in [-0.39, 0.29) is 18.1 Å². The molecule has 5 aromatic carbocycles. The molecule has 0 unspecified atom stereocenters. The Bertz CT molecular complexity index is 2070. The van der Waals surface area contributed by atoms with E-state index in [2.05, 4.69) is 10.3 Å². The zero-order valence-corrected chi connectivity index (χ0v) is 27.4. The number of nitrogens with zero attached hydrogens (tertiary/aromatic N) is 2. The number of rotatable bonds is 15. The molecule has 0 aliphatic heterocycles. The molecule has 0 aliphatic rings. The van der Waals surface area contributed by atoms with Crippen LogP contribution in [0.15, 0.2) is 146 Å². The predicted molar refractivity (Wildman–Crippen MR) is 195 cm³/mol. The number of aliphatic carboxylic acids is 1. The van der Waals surface area contributed by atoms with Gasteiger partial charge in [-0.25, -0.2) is 4.79 Å². The summed E-state index contributed by atoms with van der Waals surface area (Å²) >= 11 is 0. The molecule has 0 saturated carbocycles. The maximum absolute atomic E-state index is 13.6. The van der Waals surface area contributed by atoms with Crippen LogP contribution in [-0.2, 0) is 17.8 Å². The van der Waals surface area contributed by atoms with Crippen LogP contribution in [0, 0.1) is 0 Å². The van der Waals surface area contributed by atoms with E-state index in [4.69, 9.17) is 4.74 Å². The van der Waals surface area contributed by atoms with Crippen molar-refractivity contribution in [3.8, 4) is 5.75 Å². The van der Waals surface area contributed by atoms with Gasteiger partial charge in [0.05, 0.1) is 6.61 Å². The number of hydrogen-bond donors (Lipinski definition) is 2. The number of carbonyl (C=O) groups is 3. The highest BCUT2D eigenvalue weighted by Crippen LogP contribution is 2.22. The van der Waals surface area contributed by atoms with Crippen LogP contribution < -0.4 is 10.1 Å². The maximum atomic E-state index is 13.6. The fourth-order valence-electron chi connectivity index (χ4n) is 5.76. The summed E-state index contributed by atoms with van der Waals surface area (Å²) in [5.74, 6) is -0.708. The second kappa shape index (κ2) is 16.2. The molecule has 1 atom stereocenters. The zero-order chi connectivity index (χ0) is 34.7. The van der Waals surface area contributed by atoms with Gasteiger partial charge in [0.15, 0.2) is 5.78 Å². The third kappa shape index (κ3) is 8.59. The summed E-state index contributed by atoms with van der Waals surface area (Å²) in [5.41, 5.74) is 3.62. The van der Waals surface area contributed by atoms with Gasteiger partial charge in [0, 0.05) is 47.9 Å². The normalized spacial score (nSPS) is 11.4. The number of nitrogens with one attached hydrogen (secondary N) is 1. The van der Waals surface area contributed by atoms with Crippen molar-refractivity contribution in [2.24, 2.45) is 0 Å². The average Bonchev–Trinajstić information content (AvgIpc) is 3.16. The average molecular weight is 664 g/mol. The van der Waals surface area contributed by atoms with Gasteiger partial charge < -0.3 is 20.1 Å². The molecule has 0 aliphatic carbocycles. The minimum Gasteiger partial charge on any atom is -0.494 e. The molecule has 8 heteroatoms. The highest BCUT2D eigenvalue weighted by molar-refractivity contribution is 6.12. The first-order chi connectivity index (χ1) is 24.4. The van der Waals surface area contributed by atoms with Gasteiger partial charge in [0.1, 0.15) is 17.5 Å². The Hall–Kier alpha value is -6.28. The molecule has 0 spiro atoms. The van der Waals surface area contributed by atoms with E-state index in [0.29, 0.717) is 54.4 Å². The number of pyridine rings is 1. The lowest BCUT2D eigenvalue weighted by atomic mass is 10.00. The van der Waals surface area contributed by atoms with Gasteiger partial charge in [-0.2, -0.15) is 0 Å². The van der Waals surface area contributed by atoms with E-state index in [1.165, 1.54) is 0 Å². The van der Waals surface area contributed by atoms with E-state index in [0.717, 1.165) is 21.9 Å². The van der Waals surface area contributed by atoms with E-state index < -0.39 is 12.0 Å². The molecule has 2 N–H and O–H groups in total. The summed E-state index contributed by atoms with van der Waals surface area (Å²) in [7, 11) is 0. The highest BCUT2D eigenvalue weighted by Gasteiger charge is 2.22. The number of aromatic nitrogens is 1. The van der Waals surface area contributed by atoms with Gasteiger partial charge in [0.25, 0.3) is 5.91 Å². The minimum atomic E-state index is -1.03. The summed E-state index contributed by atoms with van der Waals surface area (Å²) in [6, 6.07) is 41.7. The third-order valence-corrected chi connectivity index (χ3v) is 8.39. The second-order valence-electron chi connectivity index (χ2n) is 12.0. The molecule has 1 heterocycles. The van der Waals surface area contributed by atoms with Gasteiger partial charge in [-0.3, -0.25) is 14.6 Å². The van der Waals surface area contributed by atoms with Gasteiger partial charge in [0.2, 0.25) is 0 Å². The first kappa shape index (κ1) is 33.6. The van der Waals surface area contributed by atoms with E-state index in [1.807, 2.05) is 91.0 Å². The van der Waals surface area contributed by atoms with Gasteiger partial charge in [-0.05, 0) is 53.3 Å². The van der Waals surface area contributed by atoms with E-state index in [1.54, 1.807) is 59.6 Å². The number of carboxylic acid groups (broad SMARTS) is 1. The summed E-state index contributed by atoms with van der Waals surface area (Å²) < 4.78 is 6.01. The monoisotopic (exact) mass is 663 g/mol. The Morgan fingerprint density at radius 3 is 2.14 bits per heavy atom. The van der Waals surface area contributed by atoms with Crippen LogP contribution in [0.3, 0.4) is 0 Å². The molecule has 6 aromatic rings. The van der Waals surface area contributed by atoms with Gasteiger partial charge in [-0.1, -0.05) is 109 Å². The number of anilines is 1. The van der Waals surface area contributed by atoms with E-state index in [9.17, 15) is 19.5 Å². The van der Waals surface area contributed by atoms with Crippen molar-refractivity contribution in [3.05, 3.63) is 174 Å². The van der Waals surface area contributed by atoms with Crippen LogP contribution in [0.1, 0.15) is 44.0 Å². The minimum absolute atomic E-state index is 0.141. The summed E-state index contributed by atoms with van der Waals surface area (Å²) in [4.78, 5) is 45.3. The van der Waals surface area contributed by atoms with Crippen molar-refractivity contribution in [2.45, 2.75) is 25.4 Å². The molecule has 0 bridgehead atoms. The fourth-order valence-corrected chi connectivity index (χ4v) is 5.76. The Morgan fingerprint density at radius 1 is 0.740 bits per heavy atom. The molecule has 250 valence electrons. The molecule has 1 aromatic heterocycles. The Kier molecular flexibility index (Phi) is 10.9. The predicted octanol–water partition coefficient (Wildman–Crippen LogP) is 7.69. The van der Waals surface area contributed by atoms with Crippen LogP contribution in [-0.4, -0.2) is 51.8 Å². The summed E-state index contributed by atoms with van der Waals surface area (Å²) in [6.45, 7) is 1.31. The first-order valence-corrected chi connectivity index (χ1v) is 16.5. The highest BCUT2D eigenvalue weighted by atomic mass is 16.5. The Morgan fingerprint density at radius 2 is 1.40 bits per heavy atom. The van der Waals surface area contributed by atoms with Crippen molar-refractivity contribution in [2.75, 3.05) is 18.5 Å². The molecule has 0 fully saturated rings. The molecule has 1 amide bonds. The van der Waals surface area contributed by atoms with Crippen molar-refractivity contribution in [1.82, 2.24) is 9.88 Å². The standard InChI is InChI=1S/C42H37N3O5/c46-40(32-14-5-2-6-15-32)36-18-9-10-19-37(36)44-39(42(48)49)26-30-20-22-35(23-21-30)50-25-11-24-45(29-31-12-3-1-4-13-31)41(47)38-27-33-16-7-8-17-34(33)28-43-38/h1-10,12-23,27-28,39,44H,11,24-26,29H2,(H,48,49)/t39-/m0/s1. The SMILES string of the molecule is O=C(c1ccccc1)c1ccccc1N[C@@H](Cc1ccc(OCCCN(Cc2ccccc2)C(=O)c2cc3ccccc3cn2)cc1)C(=O)O. The second-order valence-corrected chi connectivity index (χ2v) is 12.0. The number of para-hydroxylation sites is 1. The number of carboxylic acids is 1. The van der Waals surface area contributed by atoms with Gasteiger partial charge in [-0.15, -0.1) is 0 Å². The molecule has 0 saturated heterocycles. The lowest BCUT2D eigenvalue weighted by molar-refractivity contribution is -0.137. The molecule has 50 heavy (non-hydrogen) atoms. The first-order valence-electron chi connectivity index (χ1n) is 16.5. The lowest BCUT2D eigenvalue weighted by Crippen LogP contribution is -2.33. The molecular weight excluding hydrogens is 626 g/mol. The smallest absolute Gasteiger partial charge is 0.326 e. The number of amides is 1. The molecular formula is C42H37N3O5. The number of ether oxygens (including phenoxy) is 1. The van der Waals surface area contributed by atoms with E-state index >= 15 is 0 Å². The van der Waals surface area contributed by atoms with Crippen molar-refractivity contribution >= 4 is 34.1 Å². The molecule has 8 nitrogen and oxygen atoms in total. The lowest BCUT2D eigenvalue weighted by Gasteiger charge is -2.23. The van der Waals surface area contributed by atoms with Crippen LogP contribution >= 0.6 is 0 Å². The summed E-state index contributed by atoms with van der Waals surface area (Å²) in [5, 5.41) is 15.0. The largest absolute Gasteiger partial charge is 0.494 e. The number of hydrogen-bond acceptors (Lipinski definition) is 6. The van der Waals surface area contributed by atoms with Crippen molar-refractivity contribution in [1.29, 1.82) is 0 Å². The van der Waals surface area contributed by atoms with Crippen LogP contribution in [0.4, 0.5) is 5.69 Å².